The fraction of sp³-hybridized carbons (Fsp3) is 0. The van der Waals surface area contributed by atoms with Gasteiger partial charge in [0, 0.05) is 17.5 Å². The molecule has 0 saturated carbocycles. The van der Waals surface area contributed by atoms with E-state index in [-0.39, 0.29) is 5.75 Å². The zero-order valence-electron chi connectivity index (χ0n) is 8.51. The van der Waals surface area contributed by atoms with Crippen LogP contribution in [-0.4, -0.2) is 15.1 Å². The van der Waals surface area contributed by atoms with Crippen LogP contribution in [0.5, 0.6) is 5.75 Å². The van der Waals surface area contributed by atoms with Crippen molar-refractivity contribution in [2.75, 3.05) is 0 Å². The quantitative estimate of drug-likeness (QED) is 0.648. The molecule has 2 aromatic heterocycles. The largest absolute Gasteiger partial charge is 0.508 e. The number of H-pyrrole nitrogens is 1. The zero-order valence-corrected chi connectivity index (χ0v) is 8.51. The first-order valence-corrected chi connectivity index (χ1v) is 5.06. The lowest BCUT2D eigenvalue weighted by molar-refractivity contribution is 0.475. The van der Waals surface area contributed by atoms with Crippen molar-refractivity contribution in [3.05, 3.63) is 48.7 Å². The highest BCUT2D eigenvalue weighted by molar-refractivity contribution is 5.82. The van der Waals surface area contributed by atoms with E-state index in [1.165, 1.54) is 0 Å². The van der Waals surface area contributed by atoms with Gasteiger partial charge in [0.1, 0.15) is 5.75 Å². The molecule has 0 spiro atoms. The Labute approximate surface area is 92.4 Å². The van der Waals surface area contributed by atoms with Crippen LogP contribution >= 0.6 is 0 Å². The molecule has 0 aliphatic rings. The maximum absolute atomic E-state index is 9.42. The molecule has 3 rings (SSSR count). The number of rotatable bonds is 1. The third kappa shape index (κ3) is 1.42. The summed E-state index contributed by atoms with van der Waals surface area (Å²) in [5, 5.41) is 9.42. The maximum atomic E-state index is 9.42. The number of aromatic hydroxyl groups is 1. The Balaban J connectivity index is 2.19. The van der Waals surface area contributed by atoms with E-state index >= 15 is 0 Å². The standard InChI is InChI=1S/C13H10N2O/c16-10-4-1-3-9(7-10)12-8-13-11(15-12)5-2-6-14-13/h1-8,15-16H. The lowest BCUT2D eigenvalue weighted by atomic mass is 10.1. The number of nitrogens with one attached hydrogen (secondary N) is 1. The topological polar surface area (TPSA) is 48.9 Å². The second-order valence-electron chi connectivity index (χ2n) is 3.67. The highest BCUT2D eigenvalue weighted by Gasteiger charge is 2.03. The summed E-state index contributed by atoms with van der Waals surface area (Å²) in [6.45, 7) is 0. The molecular formula is C13H10N2O. The SMILES string of the molecule is Oc1cccc(-c2cc3ncccc3[nH]2)c1. The number of aromatic amines is 1. The molecular weight excluding hydrogens is 200 g/mol. The monoisotopic (exact) mass is 210 g/mol. The van der Waals surface area contributed by atoms with Crippen LogP contribution in [0.4, 0.5) is 0 Å². The summed E-state index contributed by atoms with van der Waals surface area (Å²) in [5.41, 5.74) is 3.85. The summed E-state index contributed by atoms with van der Waals surface area (Å²) in [7, 11) is 0. The summed E-state index contributed by atoms with van der Waals surface area (Å²) >= 11 is 0. The Bertz CT molecular complexity index is 610. The predicted octanol–water partition coefficient (Wildman–Crippen LogP) is 2.94. The molecule has 2 heterocycles. The third-order valence-electron chi connectivity index (χ3n) is 2.55. The molecule has 2 N–H and O–H groups in total. The van der Waals surface area contributed by atoms with Crippen molar-refractivity contribution in [1.29, 1.82) is 0 Å². The van der Waals surface area contributed by atoms with Gasteiger partial charge in [-0.15, -0.1) is 0 Å². The van der Waals surface area contributed by atoms with E-state index in [0.29, 0.717) is 0 Å². The molecule has 16 heavy (non-hydrogen) atoms. The van der Waals surface area contributed by atoms with Gasteiger partial charge in [0.05, 0.1) is 11.0 Å². The second-order valence-corrected chi connectivity index (χ2v) is 3.67. The van der Waals surface area contributed by atoms with Crippen LogP contribution in [0.15, 0.2) is 48.7 Å². The summed E-state index contributed by atoms with van der Waals surface area (Å²) in [6, 6.07) is 13.0. The summed E-state index contributed by atoms with van der Waals surface area (Å²) < 4.78 is 0. The van der Waals surface area contributed by atoms with Gasteiger partial charge in [-0.3, -0.25) is 4.98 Å². The molecule has 78 valence electrons. The van der Waals surface area contributed by atoms with Crippen molar-refractivity contribution >= 4 is 11.0 Å². The van der Waals surface area contributed by atoms with Crippen molar-refractivity contribution in [3.8, 4) is 17.0 Å². The molecule has 0 saturated heterocycles. The molecule has 0 aliphatic carbocycles. The number of pyridine rings is 1. The van der Waals surface area contributed by atoms with Gasteiger partial charge in [-0.2, -0.15) is 0 Å². The van der Waals surface area contributed by atoms with Gasteiger partial charge in [-0.1, -0.05) is 12.1 Å². The molecule has 3 aromatic rings. The Kier molecular flexibility index (Phi) is 1.90. The average molecular weight is 210 g/mol. The Morgan fingerprint density at radius 1 is 1.06 bits per heavy atom. The first-order valence-electron chi connectivity index (χ1n) is 5.06. The highest BCUT2D eigenvalue weighted by atomic mass is 16.3. The minimum atomic E-state index is 0.268. The molecule has 0 fully saturated rings. The minimum absolute atomic E-state index is 0.268. The number of hydrogen-bond donors (Lipinski definition) is 2. The first kappa shape index (κ1) is 8.97. The van der Waals surface area contributed by atoms with Crippen LogP contribution in [0.2, 0.25) is 0 Å². The summed E-state index contributed by atoms with van der Waals surface area (Å²) in [5.74, 6) is 0.268. The van der Waals surface area contributed by atoms with Crippen molar-refractivity contribution in [2.24, 2.45) is 0 Å². The van der Waals surface area contributed by atoms with Gasteiger partial charge < -0.3 is 10.1 Å². The molecule has 3 heteroatoms. The second kappa shape index (κ2) is 3.38. The van der Waals surface area contributed by atoms with E-state index in [1.54, 1.807) is 18.3 Å². The molecule has 0 unspecified atom stereocenters. The third-order valence-corrected chi connectivity index (χ3v) is 2.55. The van der Waals surface area contributed by atoms with Gasteiger partial charge in [0.15, 0.2) is 0 Å². The molecule has 0 bridgehead atoms. The molecule has 1 aromatic carbocycles. The predicted molar refractivity (Wildman–Crippen MR) is 63.2 cm³/mol. The Hall–Kier alpha value is -2.29. The van der Waals surface area contributed by atoms with Gasteiger partial charge in [0.2, 0.25) is 0 Å². The number of phenols is 1. The number of aromatic nitrogens is 2. The molecule has 0 atom stereocenters. The lowest BCUT2D eigenvalue weighted by Crippen LogP contribution is -1.75. The van der Waals surface area contributed by atoms with Crippen molar-refractivity contribution in [1.82, 2.24) is 9.97 Å². The smallest absolute Gasteiger partial charge is 0.116 e. The highest BCUT2D eigenvalue weighted by Crippen LogP contribution is 2.25. The van der Waals surface area contributed by atoms with Crippen LogP contribution in [-0.2, 0) is 0 Å². The number of nitrogens with zero attached hydrogens (tertiary/aromatic N) is 1. The van der Waals surface area contributed by atoms with Gasteiger partial charge in [-0.05, 0) is 30.3 Å². The summed E-state index contributed by atoms with van der Waals surface area (Å²) in [6.07, 6.45) is 1.77. The number of benzene rings is 1. The number of fused-ring (bicyclic) bond motifs is 1. The van der Waals surface area contributed by atoms with E-state index in [0.717, 1.165) is 22.3 Å². The molecule has 0 amide bonds. The number of hydrogen-bond acceptors (Lipinski definition) is 2. The fourth-order valence-corrected chi connectivity index (χ4v) is 1.79. The molecule has 3 nitrogen and oxygen atoms in total. The normalized spacial score (nSPS) is 10.8. The maximum Gasteiger partial charge on any atom is 0.116 e. The van der Waals surface area contributed by atoms with Crippen LogP contribution in [0.25, 0.3) is 22.3 Å². The van der Waals surface area contributed by atoms with E-state index in [4.69, 9.17) is 0 Å². The zero-order chi connectivity index (χ0) is 11.0. The molecule has 0 aliphatic heterocycles. The van der Waals surface area contributed by atoms with E-state index < -0.39 is 0 Å². The van der Waals surface area contributed by atoms with E-state index in [9.17, 15) is 5.11 Å². The Morgan fingerprint density at radius 3 is 2.81 bits per heavy atom. The van der Waals surface area contributed by atoms with Gasteiger partial charge >= 0.3 is 0 Å². The fourth-order valence-electron chi connectivity index (χ4n) is 1.79. The van der Waals surface area contributed by atoms with Crippen LogP contribution < -0.4 is 0 Å². The summed E-state index contributed by atoms with van der Waals surface area (Å²) in [4.78, 5) is 7.52. The average Bonchev–Trinajstić information content (AvgIpc) is 2.72. The number of phenolic OH excluding ortho intramolecular Hbond substituents is 1. The minimum Gasteiger partial charge on any atom is -0.508 e. The van der Waals surface area contributed by atoms with Gasteiger partial charge in [-0.25, -0.2) is 0 Å². The van der Waals surface area contributed by atoms with E-state index in [2.05, 4.69) is 9.97 Å². The van der Waals surface area contributed by atoms with Crippen LogP contribution in [0.1, 0.15) is 0 Å². The van der Waals surface area contributed by atoms with Crippen LogP contribution in [0, 0.1) is 0 Å². The Morgan fingerprint density at radius 2 is 2.00 bits per heavy atom. The molecule has 0 radical (unpaired) electrons. The van der Waals surface area contributed by atoms with Crippen LogP contribution in [0.3, 0.4) is 0 Å². The van der Waals surface area contributed by atoms with Crippen molar-refractivity contribution < 1.29 is 5.11 Å². The first-order chi connectivity index (χ1) is 7.83. The van der Waals surface area contributed by atoms with E-state index in [1.807, 2.05) is 30.3 Å². The van der Waals surface area contributed by atoms with Crippen molar-refractivity contribution in [3.63, 3.8) is 0 Å². The lowest BCUT2D eigenvalue weighted by Gasteiger charge is -1.97. The van der Waals surface area contributed by atoms with Gasteiger partial charge in [0.25, 0.3) is 0 Å². The van der Waals surface area contributed by atoms with Crippen molar-refractivity contribution in [2.45, 2.75) is 0 Å².